The van der Waals surface area contributed by atoms with Crippen molar-refractivity contribution in [3.8, 4) is 23.0 Å². The summed E-state index contributed by atoms with van der Waals surface area (Å²) in [7, 11) is 3.02. The number of nitrogens with zero attached hydrogens (tertiary/aromatic N) is 1. The lowest BCUT2D eigenvalue weighted by atomic mass is 10.1. The molecular formula is C40H44N2O9. The molecule has 0 unspecified atom stereocenters. The number of ether oxygens (including phenoxy) is 4. The largest absolute Gasteiger partial charge is 0.494 e. The van der Waals surface area contributed by atoms with Crippen LogP contribution < -0.4 is 24.3 Å². The van der Waals surface area contributed by atoms with Crippen molar-refractivity contribution in [2.45, 2.75) is 52.0 Å². The van der Waals surface area contributed by atoms with Gasteiger partial charge in [0.2, 0.25) is 5.91 Å². The number of rotatable bonds is 19. The van der Waals surface area contributed by atoms with Crippen LogP contribution in [0.2, 0.25) is 0 Å². The highest BCUT2D eigenvalue weighted by atomic mass is 16.5. The third kappa shape index (κ3) is 11.6. The molecule has 11 heteroatoms. The summed E-state index contributed by atoms with van der Waals surface area (Å²) in [5.74, 6) is -0.524. The van der Waals surface area contributed by atoms with Gasteiger partial charge in [-0.25, -0.2) is 4.79 Å². The van der Waals surface area contributed by atoms with Crippen LogP contribution in [0.15, 0.2) is 91.0 Å². The number of esters is 1. The molecule has 0 aliphatic heterocycles. The molecule has 2 amide bonds. The second kappa shape index (κ2) is 19.4. The Hall–Kier alpha value is -5.84. The average molecular weight is 697 g/mol. The van der Waals surface area contributed by atoms with Crippen molar-refractivity contribution in [1.82, 2.24) is 4.90 Å². The fraction of sp³-hybridized carbons (Fsp3) is 0.300. The first-order chi connectivity index (χ1) is 24.7. The van der Waals surface area contributed by atoms with Gasteiger partial charge in [0.25, 0.3) is 5.91 Å². The molecule has 51 heavy (non-hydrogen) atoms. The lowest BCUT2D eigenvalue weighted by molar-refractivity contribution is -0.137. The summed E-state index contributed by atoms with van der Waals surface area (Å²) in [4.78, 5) is 51.7. The number of nitrogens with one attached hydrogen (secondary N) is 1. The van der Waals surface area contributed by atoms with Crippen molar-refractivity contribution in [3.63, 3.8) is 0 Å². The maximum Gasteiger partial charge on any atom is 0.343 e. The highest BCUT2D eigenvalue weighted by Gasteiger charge is 2.20. The Kier molecular flexibility index (Phi) is 14.4. The monoisotopic (exact) mass is 696 g/mol. The van der Waals surface area contributed by atoms with Crippen molar-refractivity contribution in [2.24, 2.45) is 0 Å². The minimum absolute atomic E-state index is 0.000282. The van der Waals surface area contributed by atoms with Crippen LogP contribution in [0.5, 0.6) is 23.0 Å². The van der Waals surface area contributed by atoms with Crippen LogP contribution in [0.1, 0.15) is 70.9 Å². The summed E-state index contributed by atoms with van der Waals surface area (Å²) < 4.78 is 22.0. The molecule has 0 heterocycles. The Morgan fingerprint density at radius 1 is 0.745 bits per heavy atom. The fourth-order valence-electron chi connectivity index (χ4n) is 5.34. The minimum atomic E-state index is -1.17. The molecule has 0 aromatic heterocycles. The summed E-state index contributed by atoms with van der Waals surface area (Å²) in [5, 5.41) is 12.3. The number of hydrogen-bond donors (Lipinski definition) is 2. The second-order valence-electron chi connectivity index (χ2n) is 11.8. The molecule has 11 nitrogen and oxygen atoms in total. The fourth-order valence-corrected chi connectivity index (χ4v) is 5.34. The highest BCUT2D eigenvalue weighted by Crippen LogP contribution is 2.31. The summed E-state index contributed by atoms with van der Waals surface area (Å²) in [6.07, 6.45) is 5.78. The lowest BCUT2D eigenvalue weighted by Gasteiger charge is -2.21. The quantitative estimate of drug-likeness (QED) is 0.0593. The predicted octanol–water partition coefficient (Wildman–Crippen LogP) is 7.18. The molecule has 0 saturated heterocycles. The van der Waals surface area contributed by atoms with Crippen molar-refractivity contribution in [1.29, 1.82) is 0 Å². The Morgan fingerprint density at radius 3 is 2.06 bits per heavy atom. The van der Waals surface area contributed by atoms with Gasteiger partial charge in [0.05, 0.1) is 32.8 Å². The number of carboxylic acids is 1. The summed E-state index contributed by atoms with van der Waals surface area (Å²) in [5.41, 5.74) is 2.37. The summed E-state index contributed by atoms with van der Waals surface area (Å²) >= 11 is 0. The highest BCUT2D eigenvalue weighted by molar-refractivity contribution is 5.97. The molecule has 4 rings (SSSR count). The van der Waals surface area contributed by atoms with E-state index in [9.17, 15) is 24.3 Å². The molecule has 268 valence electrons. The Bertz CT molecular complexity index is 1750. The van der Waals surface area contributed by atoms with Crippen LogP contribution in [-0.4, -0.2) is 61.1 Å². The van der Waals surface area contributed by atoms with Gasteiger partial charge >= 0.3 is 11.9 Å². The number of anilines is 1. The molecule has 2 N–H and O–H groups in total. The number of benzene rings is 4. The van der Waals surface area contributed by atoms with E-state index in [2.05, 4.69) is 12.2 Å². The number of para-hydroxylation sites is 1. The van der Waals surface area contributed by atoms with E-state index in [1.54, 1.807) is 78.9 Å². The Balaban J connectivity index is 1.31. The van der Waals surface area contributed by atoms with E-state index in [4.69, 9.17) is 18.9 Å². The molecule has 0 atom stereocenters. The number of carbonyl (C=O) groups is 4. The van der Waals surface area contributed by atoms with Crippen LogP contribution in [0.3, 0.4) is 0 Å². The molecule has 0 radical (unpaired) electrons. The van der Waals surface area contributed by atoms with Gasteiger partial charge in [-0.1, -0.05) is 56.9 Å². The maximum atomic E-state index is 13.4. The first kappa shape index (κ1) is 38.0. The molecule has 0 bridgehead atoms. The van der Waals surface area contributed by atoms with E-state index in [1.165, 1.54) is 50.5 Å². The van der Waals surface area contributed by atoms with Gasteiger partial charge in [-0.15, -0.1) is 0 Å². The Morgan fingerprint density at radius 2 is 1.41 bits per heavy atom. The van der Waals surface area contributed by atoms with E-state index < -0.39 is 24.4 Å². The van der Waals surface area contributed by atoms with E-state index in [0.29, 0.717) is 52.0 Å². The molecule has 0 aliphatic carbocycles. The van der Waals surface area contributed by atoms with Gasteiger partial charge in [-0.3, -0.25) is 14.4 Å². The topological polar surface area (TPSA) is 141 Å². The normalized spacial score (nSPS) is 10.6. The second-order valence-corrected chi connectivity index (χ2v) is 11.8. The average Bonchev–Trinajstić information content (AvgIpc) is 3.13. The van der Waals surface area contributed by atoms with E-state index >= 15 is 0 Å². The van der Waals surface area contributed by atoms with Crippen LogP contribution in [0, 0.1) is 0 Å². The lowest BCUT2D eigenvalue weighted by Crippen LogP contribution is -2.35. The van der Waals surface area contributed by atoms with Crippen molar-refractivity contribution < 1.29 is 43.2 Å². The SMILES string of the molecule is CCCCCCCOc1ccc(C(=O)Oc2ccc(CN(CC(=O)O)C(=O)c3ccc(NC(=O)Cc4cccc(OC)c4OC)cc3)cc2)cc1. The van der Waals surface area contributed by atoms with E-state index in [0.717, 1.165) is 12.8 Å². The molecule has 4 aromatic rings. The van der Waals surface area contributed by atoms with Gasteiger partial charge in [0.15, 0.2) is 11.5 Å². The maximum absolute atomic E-state index is 13.4. The zero-order valence-corrected chi connectivity index (χ0v) is 29.2. The Labute approximate surface area is 298 Å². The molecule has 0 saturated carbocycles. The van der Waals surface area contributed by atoms with Crippen LogP contribution in [0.4, 0.5) is 5.69 Å². The molecular weight excluding hydrogens is 652 g/mol. The van der Waals surface area contributed by atoms with Crippen molar-refractivity contribution in [2.75, 3.05) is 32.7 Å². The zero-order chi connectivity index (χ0) is 36.6. The van der Waals surface area contributed by atoms with Gasteiger partial charge in [-0.2, -0.15) is 0 Å². The van der Waals surface area contributed by atoms with Crippen LogP contribution >= 0.6 is 0 Å². The van der Waals surface area contributed by atoms with Gasteiger partial charge < -0.3 is 34.3 Å². The molecule has 0 spiro atoms. The zero-order valence-electron chi connectivity index (χ0n) is 29.2. The summed E-state index contributed by atoms with van der Waals surface area (Å²) in [6, 6.07) is 24.8. The third-order valence-corrected chi connectivity index (χ3v) is 7.98. The third-order valence-electron chi connectivity index (χ3n) is 7.98. The number of aliphatic carboxylic acids is 1. The van der Waals surface area contributed by atoms with Gasteiger partial charge in [-0.05, 0) is 78.7 Å². The number of unbranched alkanes of at least 4 members (excludes halogenated alkanes) is 4. The van der Waals surface area contributed by atoms with E-state index in [-0.39, 0.29) is 24.4 Å². The number of carbonyl (C=O) groups excluding carboxylic acids is 3. The number of carboxylic acid groups (broad SMARTS) is 1. The number of hydrogen-bond acceptors (Lipinski definition) is 8. The van der Waals surface area contributed by atoms with Crippen LogP contribution in [0.25, 0.3) is 0 Å². The summed E-state index contributed by atoms with van der Waals surface area (Å²) in [6.45, 7) is 2.28. The van der Waals surface area contributed by atoms with Gasteiger partial charge in [0, 0.05) is 23.4 Å². The van der Waals surface area contributed by atoms with Crippen LogP contribution in [-0.2, 0) is 22.6 Å². The number of amides is 2. The number of methoxy groups -OCH3 is 2. The predicted molar refractivity (Wildman–Crippen MR) is 193 cm³/mol. The van der Waals surface area contributed by atoms with Crippen molar-refractivity contribution in [3.05, 3.63) is 113 Å². The first-order valence-electron chi connectivity index (χ1n) is 16.9. The minimum Gasteiger partial charge on any atom is -0.494 e. The molecule has 4 aromatic carbocycles. The standard InChI is InChI=1S/C40H44N2O9/c1-4-5-6-7-8-24-50-33-22-16-30(17-23-33)40(47)51-34-20-12-28(13-21-34)26-42(27-37(44)45)39(46)29-14-18-32(19-15-29)41-36(43)25-31-10-9-11-35(48-2)38(31)49-3/h9-23H,4-8,24-27H2,1-3H3,(H,41,43)(H,44,45). The first-order valence-corrected chi connectivity index (χ1v) is 16.9. The molecule has 0 aliphatic rings. The van der Waals surface area contributed by atoms with E-state index in [1.807, 2.05) is 0 Å². The smallest absolute Gasteiger partial charge is 0.343 e. The molecule has 0 fully saturated rings. The van der Waals surface area contributed by atoms with Gasteiger partial charge in [0.1, 0.15) is 18.0 Å². The van der Waals surface area contributed by atoms with Crippen molar-refractivity contribution >= 4 is 29.4 Å².